The molecule has 1 rings (SSSR count). The summed E-state index contributed by atoms with van der Waals surface area (Å²) in [7, 11) is 0. The number of nitrogens with one attached hydrogen (secondary N) is 1. The highest BCUT2D eigenvalue weighted by Gasteiger charge is 2.32. The van der Waals surface area contributed by atoms with Gasteiger partial charge in [0.05, 0.1) is 12.7 Å². The second kappa shape index (κ2) is 3.64. The molecule has 0 spiro atoms. The van der Waals surface area contributed by atoms with Gasteiger partial charge in [0.15, 0.2) is 0 Å². The molecule has 1 heterocycles. The van der Waals surface area contributed by atoms with Crippen LogP contribution in [0.15, 0.2) is 0 Å². The first-order valence-electron chi connectivity index (χ1n) is 3.08. The number of ether oxygens (including phenoxy) is 1. The summed E-state index contributed by atoms with van der Waals surface area (Å²) in [4.78, 5) is 0. The van der Waals surface area contributed by atoms with Gasteiger partial charge in [0.25, 0.3) is 0 Å². The standard InChI is InChI=1S/C5H10BrNO3/c6-7-5-1-3(9)4(2-8)10-5/h3-5,7-9H,1-2H2/t3-,4+,5?/m0/s1. The van der Waals surface area contributed by atoms with E-state index in [1.54, 1.807) is 0 Å². The van der Waals surface area contributed by atoms with Crippen molar-refractivity contribution in [3.05, 3.63) is 0 Å². The van der Waals surface area contributed by atoms with Crippen LogP contribution in [0.5, 0.6) is 0 Å². The average molecular weight is 212 g/mol. The molecule has 0 radical (unpaired) electrons. The normalized spacial score (nSPS) is 40.5. The Balaban J connectivity index is 2.36. The number of rotatable bonds is 2. The van der Waals surface area contributed by atoms with Crippen LogP contribution < -0.4 is 4.34 Å². The summed E-state index contributed by atoms with van der Waals surface area (Å²) in [5.74, 6) is 0. The first-order chi connectivity index (χ1) is 4.77. The zero-order valence-corrected chi connectivity index (χ0v) is 6.91. The lowest BCUT2D eigenvalue weighted by atomic mass is 10.2. The Morgan fingerprint density at radius 1 is 1.70 bits per heavy atom. The van der Waals surface area contributed by atoms with Crippen molar-refractivity contribution in [2.24, 2.45) is 0 Å². The van der Waals surface area contributed by atoms with E-state index in [4.69, 9.17) is 14.9 Å². The highest BCUT2D eigenvalue weighted by Crippen LogP contribution is 2.18. The number of halogens is 1. The van der Waals surface area contributed by atoms with E-state index in [-0.39, 0.29) is 12.8 Å². The van der Waals surface area contributed by atoms with Crippen molar-refractivity contribution in [1.82, 2.24) is 4.34 Å². The van der Waals surface area contributed by atoms with Crippen molar-refractivity contribution >= 4 is 16.1 Å². The van der Waals surface area contributed by atoms with Crippen molar-refractivity contribution < 1.29 is 14.9 Å². The van der Waals surface area contributed by atoms with Gasteiger partial charge in [0.1, 0.15) is 12.3 Å². The molecule has 3 N–H and O–H groups in total. The lowest BCUT2D eigenvalue weighted by Crippen LogP contribution is -2.25. The van der Waals surface area contributed by atoms with Crippen LogP contribution in [0.25, 0.3) is 0 Å². The Labute approximate surface area is 67.5 Å². The summed E-state index contributed by atoms with van der Waals surface area (Å²) in [5.41, 5.74) is 0. The topological polar surface area (TPSA) is 61.7 Å². The number of aliphatic hydroxyl groups excluding tert-OH is 2. The van der Waals surface area contributed by atoms with Crippen LogP contribution in [-0.4, -0.2) is 35.3 Å². The highest BCUT2D eigenvalue weighted by atomic mass is 79.9. The second-order valence-electron chi connectivity index (χ2n) is 2.26. The minimum atomic E-state index is -0.556. The third-order valence-corrected chi connectivity index (χ3v) is 2.04. The predicted octanol–water partition coefficient (Wildman–Crippen LogP) is -0.646. The molecule has 1 aliphatic rings. The van der Waals surface area contributed by atoms with Crippen LogP contribution in [-0.2, 0) is 4.74 Å². The maximum Gasteiger partial charge on any atom is 0.120 e. The smallest absolute Gasteiger partial charge is 0.120 e. The van der Waals surface area contributed by atoms with Crippen molar-refractivity contribution in [3.8, 4) is 0 Å². The summed E-state index contributed by atoms with van der Waals surface area (Å²) in [6.07, 6.45) is -0.668. The third kappa shape index (κ3) is 1.67. The van der Waals surface area contributed by atoms with Crippen molar-refractivity contribution in [3.63, 3.8) is 0 Å². The van der Waals surface area contributed by atoms with E-state index in [1.165, 1.54) is 0 Å². The van der Waals surface area contributed by atoms with Gasteiger partial charge >= 0.3 is 0 Å². The maximum absolute atomic E-state index is 9.14. The van der Waals surface area contributed by atoms with E-state index in [1.807, 2.05) is 0 Å². The average Bonchev–Trinajstić information content (AvgIpc) is 2.30. The Hall–Kier alpha value is 0.320. The van der Waals surface area contributed by atoms with Gasteiger partial charge in [-0.25, -0.2) is 4.34 Å². The Kier molecular flexibility index (Phi) is 3.06. The summed E-state index contributed by atoms with van der Waals surface area (Å²) in [5, 5.41) is 17.8. The quantitative estimate of drug-likeness (QED) is 0.532. The molecule has 0 bridgehead atoms. The van der Waals surface area contributed by atoms with Crippen molar-refractivity contribution in [1.29, 1.82) is 0 Å². The van der Waals surface area contributed by atoms with Crippen molar-refractivity contribution in [2.75, 3.05) is 6.61 Å². The van der Waals surface area contributed by atoms with Gasteiger partial charge in [-0.2, -0.15) is 0 Å². The molecule has 1 unspecified atom stereocenters. The first kappa shape index (κ1) is 8.42. The molecule has 0 aromatic rings. The molecule has 4 nitrogen and oxygen atoms in total. The van der Waals surface area contributed by atoms with Crippen molar-refractivity contribution in [2.45, 2.75) is 24.9 Å². The van der Waals surface area contributed by atoms with E-state index in [0.717, 1.165) is 0 Å². The Bertz CT molecular complexity index is 113. The second-order valence-corrected chi connectivity index (χ2v) is 2.72. The highest BCUT2D eigenvalue weighted by molar-refractivity contribution is 9.08. The van der Waals surface area contributed by atoms with E-state index >= 15 is 0 Å². The zero-order valence-electron chi connectivity index (χ0n) is 5.33. The molecule has 0 aromatic heterocycles. The largest absolute Gasteiger partial charge is 0.394 e. The number of aliphatic hydroxyl groups is 2. The fraction of sp³-hybridized carbons (Fsp3) is 1.00. The molecule has 0 aromatic carbocycles. The summed E-state index contributed by atoms with van der Waals surface area (Å²) in [6.45, 7) is -0.133. The molecule has 1 fully saturated rings. The van der Waals surface area contributed by atoms with Gasteiger partial charge in [-0.05, 0) is 0 Å². The molecule has 0 saturated carbocycles. The number of hydrogen-bond acceptors (Lipinski definition) is 4. The van der Waals surface area contributed by atoms with Crippen LogP contribution in [0, 0.1) is 0 Å². The maximum atomic E-state index is 9.14. The van der Waals surface area contributed by atoms with Gasteiger partial charge in [-0.15, -0.1) is 0 Å². The molecule has 5 heteroatoms. The third-order valence-electron chi connectivity index (χ3n) is 1.53. The summed E-state index contributed by atoms with van der Waals surface area (Å²) < 4.78 is 7.79. The molecule has 60 valence electrons. The Morgan fingerprint density at radius 3 is 2.70 bits per heavy atom. The van der Waals surface area contributed by atoms with Crippen LogP contribution in [0.2, 0.25) is 0 Å². The molecule has 10 heavy (non-hydrogen) atoms. The van der Waals surface area contributed by atoms with Gasteiger partial charge in [-0.3, -0.25) is 0 Å². The minimum Gasteiger partial charge on any atom is -0.394 e. The summed E-state index contributed by atoms with van der Waals surface area (Å²) in [6, 6.07) is 0. The van der Waals surface area contributed by atoms with Gasteiger partial charge in [0.2, 0.25) is 0 Å². The van der Waals surface area contributed by atoms with Crippen LogP contribution in [0.4, 0.5) is 0 Å². The molecule has 0 amide bonds. The number of hydrogen-bond donors (Lipinski definition) is 3. The monoisotopic (exact) mass is 211 g/mol. The van der Waals surface area contributed by atoms with Gasteiger partial charge in [0, 0.05) is 22.6 Å². The zero-order chi connectivity index (χ0) is 7.56. The van der Waals surface area contributed by atoms with Gasteiger partial charge < -0.3 is 14.9 Å². The molecule has 1 aliphatic heterocycles. The van der Waals surface area contributed by atoms with E-state index in [0.29, 0.717) is 6.42 Å². The van der Waals surface area contributed by atoms with Crippen LogP contribution in [0.3, 0.4) is 0 Å². The fourth-order valence-electron chi connectivity index (χ4n) is 0.963. The van der Waals surface area contributed by atoms with E-state index in [2.05, 4.69) is 20.5 Å². The molecular weight excluding hydrogens is 202 g/mol. The summed E-state index contributed by atoms with van der Waals surface area (Å²) >= 11 is 2.99. The van der Waals surface area contributed by atoms with Gasteiger partial charge in [-0.1, -0.05) is 0 Å². The minimum absolute atomic E-state index is 0.133. The molecular formula is C5H10BrNO3. The lowest BCUT2D eigenvalue weighted by molar-refractivity contribution is -0.0232. The van der Waals surface area contributed by atoms with E-state index in [9.17, 15) is 0 Å². The van der Waals surface area contributed by atoms with E-state index < -0.39 is 12.2 Å². The predicted molar refractivity (Wildman–Crippen MR) is 38.4 cm³/mol. The molecule has 1 saturated heterocycles. The molecule has 0 aliphatic carbocycles. The fourth-order valence-corrected chi connectivity index (χ4v) is 1.26. The lowest BCUT2D eigenvalue weighted by Gasteiger charge is -2.09. The van der Waals surface area contributed by atoms with Crippen LogP contribution >= 0.6 is 16.1 Å². The Morgan fingerprint density at radius 2 is 2.40 bits per heavy atom. The molecule has 3 atom stereocenters. The SMILES string of the molecule is OC[C@H]1OC(NBr)C[C@@H]1O. The first-order valence-corrected chi connectivity index (χ1v) is 3.87. The van der Waals surface area contributed by atoms with Crippen LogP contribution in [0.1, 0.15) is 6.42 Å².